The Bertz CT molecular complexity index is 624. The second kappa shape index (κ2) is 6.52. The second-order valence-electron chi connectivity index (χ2n) is 4.09. The fourth-order valence-electron chi connectivity index (χ4n) is 2.04. The van der Waals surface area contributed by atoms with Gasteiger partial charge in [0.25, 0.3) is 0 Å². The number of ether oxygens (including phenoxy) is 1. The lowest BCUT2D eigenvalue weighted by atomic mass is 9.99. The van der Waals surface area contributed by atoms with Gasteiger partial charge in [-0.3, -0.25) is 0 Å². The summed E-state index contributed by atoms with van der Waals surface area (Å²) in [5, 5.41) is 3.12. The summed E-state index contributed by atoms with van der Waals surface area (Å²) in [5.74, 6) is -0.0170. The minimum atomic E-state index is -0.466. The summed E-state index contributed by atoms with van der Waals surface area (Å²) < 4.78 is 20.1. The van der Waals surface area contributed by atoms with E-state index in [1.807, 2.05) is 6.07 Å². The summed E-state index contributed by atoms with van der Waals surface area (Å²) in [6.07, 6.45) is 1.62. The largest absolute Gasteiger partial charge is 0.481 e. The Morgan fingerprint density at radius 2 is 2.10 bits per heavy atom. The van der Waals surface area contributed by atoms with Crippen LogP contribution in [0.25, 0.3) is 0 Å². The van der Waals surface area contributed by atoms with Gasteiger partial charge in [0.2, 0.25) is 5.88 Å². The quantitative estimate of drug-likeness (QED) is 0.839. The van der Waals surface area contributed by atoms with E-state index in [0.29, 0.717) is 15.9 Å². The topological polar surface area (TPSA) is 34.2 Å². The first-order valence-corrected chi connectivity index (χ1v) is 7.06. The summed E-state index contributed by atoms with van der Waals surface area (Å²) in [5.41, 5.74) is 1.18. The summed E-state index contributed by atoms with van der Waals surface area (Å²) >= 11 is 9.15. The monoisotopic (exact) mass is 358 g/mol. The number of halogens is 3. The predicted octanol–water partition coefficient (Wildman–Crippen LogP) is 3.95. The Morgan fingerprint density at radius 1 is 1.35 bits per heavy atom. The van der Waals surface area contributed by atoms with E-state index in [4.69, 9.17) is 16.3 Å². The molecule has 0 bridgehead atoms. The molecule has 0 saturated heterocycles. The van der Waals surface area contributed by atoms with Gasteiger partial charge in [-0.25, -0.2) is 9.37 Å². The zero-order valence-corrected chi connectivity index (χ0v) is 13.3. The van der Waals surface area contributed by atoms with Crippen LogP contribution in [0.3, 0.4) is 0 Å². The molecular weight excluding hydrogens is 347 g/mol. The maximum absolute atomic E-state index is 14.4. The van der Waals surface area contributed by atoms with E-state index in [-0.39, 0.29) is 5.02 Å². The van der Waals surface area contributed by atoms with Gasteiger partial charge in [0, 0.05) is 21.8 Å². The lowest BCUT2D eigenvalue weighted by Crippen LogP contribution is -2.20. The van der Waals surface area contributed by atoms with Crippen molar-refractivity contribution in [3.8, 4) is 5.88 Å². The van der Waals surface area contributed by atoms with Crippen LogP contribution in [-0.2, 0) is 0 Å². The fourth-order valence-corrected chi connectivity index (χ4v) is 2.51. The third-order valence-electron chi connectivity index (χ3n) is 2.97. The maximum Gasteiger partial charge on any atom is 0.218 e. The van der Waals surface area contributed by atoms with Crippen LogP contribution in [0.15, 0.2) is 34.9 Å². The minimum Gasteiger partial charge on any atom is -0.481 e. The molecule has 106 valence electrons. The number of hydrogen-bond acceptors (Lipinski definition) is 3. The van der Waals surface area contributed by atoms with Crippen molar-refractivity contribution >= 4 is 27.5 Å². The Morgan fingerprint density at radius 3 is 2.75 bits per heavy atom. The average molecular weight is 360 g/mol. The van der Waals surface area contributed by atoms with Gasteiger partial charge in [-0.1, -0.05) is 23.7 Å². The van der Waals surface area contributed by atoms with E-state index < -0.39 is 11.9 Å². The van der Waals surface area contributed by atoms with Gasteiger partial charge in [-0.2, -0.15) is 0 Å². The molecule has 0 amide bonds. The summed E-state index contributed by atoms with van der Waals surface area (Å²) in [4.78, 5) is 4.13. The molecule has 1 unspecified atom stereocenters. The zero-order valence-electron chi connectivity index (χ0n) is 11.0. The molecule has 3 nitrogen and oxygen atoms in total. The van der Waals surface area contributed by atoms with Crippen molar-refractivity contribution in [3.05, 3.63) is 56.9 Å². The molecule has 1 aromatic heterocycles. The summed E-state index contributed by atoms with van der Waals surface area (Å²) in [6.45, 7) is 0. The molecule has 2 rings (SSSR count). The minimum absolute atomic E-state index is 0.0607. The van der Waals surface area contributed by atoms with E-state index in [1.54, 1.807) is 31.4 Å². The lowest BCUT2D eigenvalue weighted by Gasteiger charge is -2.20. The number of nitrogens with one attached hydrogen (secondary N) is 1. The first kappa shape index (κ1) is 15.2. The van der Waals surface area contributed by atoms with Gasteiger partial charge in [0.1, 0.15) is 5.82 Å². The molecule has 1 N–H and O–H groups in total. The van der Waals surface area contributed by atoms with Gasteiger partial charge in [-0.05, 0) is 35.1 Å². The average Bonchev–Trinajstić information content (AvgIpc) is 2.48. The molecular formula is C14H13BrClFN2O. The smallest absolute Gasteiger partial charge is 0.218 e. The normalized spacial score (nSPS) is 12.2. The van der Waals surface area contributed by atoms with Crippen molar-refractivity contribution in [3.63, 3.8) is 0 Å². The maximum atomic E-state index is 14.4. The van der Waals surface area contributed by atoms with Gasteiger partial charge >= 0.3 is 0 Å². The molecule has 20 heavy (non-hydrogen) atoms. The molecule has 0 aliphatic heterocycles. The Kier molecular flexibility index (Phi) is 4.96. The van der Waals surface area contributed by atoms with Crippen LogP contribution in [0, 0.1) is 5.82 Å². The van der Waals surface area contributed by atoms with Gasteiger partial charge in [0.05, 0.1) is 18.2 Å². The zero-order chi connectivity index (χ0) is 14.7. The number of rotatable bonds is 4. The van der Waals surface area contributed by atoms with E-state index in [0.717, 1.165) is 5.56 Å². The van der Waals surface area contributed by atoms with Crippen molar-refractivity contribution in [2.75, 3.05) is 14.2 Å². The van der Waals surface area contributed by atoms with Crippen molar-refractivity contribution in [1.29, 1.82) is 0 Å². The highest BCUT2D eigenvalue weighted by Crippen LogP contribution is 2.34. The Balaban J connectivity index is 2.56. The van der Waals surface area contributed by atoms with Crippen molar-refractivity contribution in [1.82, 2.24) is 10.3 Å². The van der Waals surface area contributed by atoms with Crippen LogP contribution in [0.2, 0.25) is 5.02 Å². The highest BCUT2D eigenvalue weighted by molar-refractivity contribution is 9.10. The summed E-state index contributed by atoms with van der Waals surface area (Å²) in [7, 11) is 3.27. The number of nitrogens with zero attached hydrogens (tertiary/aromatic N) is 1. The first-order chi connectivity index (χ1) is 9.60. The van der Waals surface area contributed by atoms with Crippen LogP contribution in [0.5, 0.6) is 5.88 Å². The lowest BCUT2D eigenvalue weighted by molar-refractivity contribution is 0.387. The SMILES string of the molecule is CNC(c1cccnc1OC)c1ccc(Br)c(Cl)c1F. The molecule has 0 aliphatic carbocycles. The van der Waals surface area contributed by atoms with Crippen LogP contribution >= 0.6 is 27.5 Å². The number of benzene rings is 1. The second-order valence-corrected chi connectivity index (χ2v) is 5.32. The molecule has 1 heterocycles. The van der Waals surface area contributed by atoms with Crippen molar-refractivity contribution in [2.24, 2.45) is 0 Å². The third-order valence-corrected chi connectivity index (χ3v) is 4.23. The number of methoxy groups -OCH3 is 1. The van der Waals surface area contributed by atoms with Crippen molar-refractivity contribution < 1.29 is 9.13 Å². The summed E-state index contributed by atoms with van der Waals surface area (Å²) in [6, 6.07) is 6.61. The molecule has 1 atom stereocenters. The predicted molar refractivity (Wildman–Crippen MR) is 80.8 cm³/mol. The van der Waals surface area contributed by atoms with Gasteiger partial charge in [-0.15, -0.1) is 0 Å². The van der Waals surface area contributed by atoms with Gasteiger partial charge < -0.3 is 10.1 Å². The molecule has 2 aromatic rings. The molecule has 1 aromatic carbocycles. The number of aromatic nitrogens is 1. The van der Waals surface area contributed by atoms with Crippen LogP contribution in [0.1, 0.15) is 17.2 Å². The highest BCUT2D eigenvalue weighted by atomic mass is 79.9. The van der Waals surface area contributed by atoms with E-state index in [2.05, 4.69) is 26.2 Å². The molecule has 6 heteroatoms. The number of hydrogen-bond donors (Lipinski definition) is 1. The fraction of sp³-hybridized carbons (Fsp3) is 0.214. The van der Waals surface area contributed by atoms with E-state index in [1.165, 1.54) is 7.11 Å². The Labute approximate surface area is 130 Å². The van der Waals surface area contributed by atoms with Gasteiger partial charge in [0.15, 0.2) is 0 Å². The van der Waals surface area contributed by atoms with Crippen LogP contribution < -0.4 is 10.1 Å². The van der Waals surface area contributed by atoms with Crippen molar-refractivity contribution in [2.45, 2.75) is 6.04 Å². The Hall–Kier alpha value is -1.17. The molecule has 0 radical (unpaired) electrons. The highest BCUT2D eigenvalue weighted by Gasteiger charge is 2.22. The standard InChI is InChI=1S/C14H13BrClFN2O/c1-18-13(9-4-3-7-19-14(9)20-2)8-5-6-10(15)11(16)12(8)17/h3-7,13,18H,1-2H3. The first-order valence-electron chi connectivity index (χ1n) is 5.89. The molecule has 0 saturated carbocycles. The molecule has 0 spiro atoms. The third kappa shape index (κ3) is 2.80. The molecule has 0 fully saturated rings. The number of pyridine rings is 1. The van der Waals surface area contributed by atoms with E-state index in [9.17, 15) is 4.39 Å². The van der Waals surface area contributed by atoms with E-state index >= 15 is 0 Å². The molecule has 0 aliphatic rings. The van der Waals surface area contributed by atoms with Crippen LogP contribution in [0.4, 0.5) is 4.39 Å². The van der Waals surface area contributed by atoms with Crippen LogP contribution in [-0.4, -0.2) is 19.1 Å².